The van der Waals surface area contributed by atoms with Crippen molar-refractivity contribution < 1.29 is 9.26 Å². The van der Waals surface area contributed by atoms with E-state index in [9.17, 15) is 0 Å². The van der Waals surface area contributed by atoms with Crippen LogP contribution in [0.4, 0.5) is 5.88 Å². The molecule has 0 saturated carbocycles. The summed E-state index contributed by atoms with van der Waals surface area (Å²) in [4.78, 5) is 4.37. The molecule has 0 spiro atoms. The number of aliphatic imine (C=N–C) groups is 1. The Morgan fingerprint density at radius 2 is 2.11 bits per heavy atom. The maximum atomic E-state index is 5.23. The fourth-order valence-corrected chi connectivity index (χ4v) is 2.14. The van der Waals surface area contributed by atoms with Gasteiger partial charge in [-0.25, -0.2) is 4.99 Å². The maximum Gasteiger partial charge on any atom is 0.253 e. The Balaban J connectivity index is 1.80. The Bertz CT molecular complexity index is 570. The number of fused-ring (bicyclic) bond motifs is 1. The smallest absolute Gasteiger partial charge is 0.253 e. The Morgan fingerprint density at radius 1 is 1.28 bits per heavy atom. The van der Waals surface area contributed by atoms with Gasteiger partial charge in [-0.15, -0.1) is 0 Å². The van der Waals surface area contributed by atoms with E-state index in [-0.39, 0.29) is 0 Å². The van der Waals surface area contributed by atoms with Crippen LogP contribution in [0.3, 0.4) is 0 Å². The lowest BCUT2D eigenvalue weighted by Crippen LogP contribution is -1.84. The lowest BCUT2D eigenvalue weighted by Gasteiger charge is -1.98. The topological polar surface area (TPSA) is 47.6 Å². The number of aryl methyl sites for hydroxylation is 1. The molecule has 1 aromatic heterocycles. The van der Waals surface area contributed by atoms with E-state index in [4.69, 9.17) is 9.26 Å². The molecule has 0 fully saturated rings. The van der Waals surface area contributed by atoms with Crippen molar-refractivity contribution >= 4 is 12.1 Å². The first-order valence-corrected chi connectivity index (χ1v) is 6.02. The second-order valence-corrected chi connectivity index (χ2v) is 4.30. The van der Waals surface area contributed by atoms with Gasteiger partial charge in [-0.05, 0) is 49.1 Å². The Hall–Kier alpha value is -2.10. The summed E-state index contributed by atoms with van der Waals surface area (Å²) >= 11 is 0. The molecule has 0 atom stereocenters. The van der Waals surface area contributed by atoms with Gasteiger partial charge in [0.05, 0.1) is 12.8 Å². The number of rotatable bonds is 3. The first kappa shape index (κ1) is 11.0. The number of hydrogen-bond acceptors (Lipinski definition) is 4. The van der Waals surface area contributed by atoms with Gasteiger partial charge in [-0.3, -0.25) is 0 Å². The van der Waals surface area contributed by atoms with Crippen molar-refractivity contribution in [1.29, 1.82) is 0 Å². The van der Waals surface area contributed by atoms with Crippen LogP contribution in [0.15, 0.2) is 33.8 Å². The molecule has 3 rings (SSSR count). The van der Waals surface area contributed by atoms with Crippen LogP contribution in [-0.2, 0) is 12.8 Å². The zero-order chi connectivity index (χ0) is 12.4. The van der Waals surface area contributed by atoms with E-state index in [1.54, 1.807) is 13.3 Å². The largest absolute Gasteiger partial charge is 0.497 e. The van der Waals surface area contributed by atoms with Crippen LogP contribution in [0.2, 0.25) is 0 Å². The van der Waals surface area contributed by atoms with Crippen molar-refractivity contribution in [3.8, 4) is 5.75 Å². The number of ether oxygens (including phenoxy) is 1. The monoisotopic (exact) mass is 242 g/mol. The van der Waals surface area contributed by atoms with Crippen LogP contribution in [0.5, 0.6) is 5.75 Å². The van der Waals surface area contributed by atoms with Crippen molar-refractivity contribution in [2.75, 3.05) is 7.11 Å². The van der Waals surface area contributed by atoms with E-state index in [1.807, 2.05) is 24.3 Å². The Labute approximate surface area is 105 Å². The molecule has 92 valence electrons. The minimum atomic E-state index is 0.651. The Kier molecular flexibility index (Phi) is 2.84. The van der Waals surface area contributed by atoms with Crippen molar-refractivity contribution in [3.63, 3.8) is 0 Å². The molecule has 0 N–H and O–H groups in total. The van der Waals surface area contributed by atoms with E-state index in [0.717, 1.165) is 36.3 Å². The number of nitrogens with zero attached hydrogens (tertiary/aromatic N) is 2. The highest BCUT2D eigenvalue weighted by Crippen LogP contribution is 2.30. The minimum absolute atomic E-state index is 0.651. The van der Waals surface area contributed by atoms with Gasteiger partial charge < -0.3 is 9.26 Å². The van der Waals surface area contributed by atoms with Gasteiger partial charge >= 0.3 is 0 Å². The lowest BCUT2D eigenvalue weighted by atomic mass is 10.2. The molecule has 1 heterocycles. The highest BCUT2D eigenvalue weighted by atomic mass is 16.5. The van der Waals surface area contributed by atoms with Gasteiger partial charge in [0.1, 0.15) is 5.75 Å². The SMILES string of the molecule is COc1ccc(C=Nc2onc3c2CCC3)cc1. The summed E-state index contributed by atoms with van der Waals surface area (Å²) in [5, 5.41) is 4.03. The van der Waals surface area contributed by atoms with Gasteiger partial charge in [-0.1, -0.05) is 5.16 Å². The van der Waals surface area contributed by atoms with Gasteiger partial charge in [-0.2, -0.15) is 0 Å². The molecule has 0 unspecified atom stereocenters. The first-order chi connectivity index (χ1) is 8.86. The summed E-state index contributed by atoms with van der Waals surface area (Å²) in [6, 6.07) is 7.73. The summed E-state index contributed by atoms with van der Waals surface area (Å²) in [5.74, 6) is 1.49. The van der Waals surface area contributed by atoms with Crippen LogP contribution in [-0.4, -0.2) is 18.5 Å². The molecule has 0 amide bonds. The normalized spacial score (nSPS) is 14.1. The molecule has 1 aromatic carbocycles. The molecule has 4 nitrogen and oxygen atoms in total. The molecule has 0 saturated heterocycles. The van der Waals surface area contributed by atoms with Crippen LogP contribution < -0.4 is 4.74 Å². The molecule has 4 heteroatoms. The summed E-state index contributed by atoms with van der Waals surface area (Å²) in [6.45, 7) is 0. The average Bonchev–Trinajstić information content (AvgIpc) is 3.00. The molecule has 1 aliphatic rings. The second-order valence-electron chi connectivity index (χ2n) is 4.30. The van der Waals surface area contributed by atoms with Crippen molar-refractivity contribution in [2.24, 2.45) is 4.99 Å². The van der Waals surface area contributed by atoms with Crippen LogP contribution >= 0.6 is 0 Å². The summed E-state index contributed by atoms with van der Waals surface area (Å²) in [5.41, 5.74) is 3.25. The predicted molar refractivity (Wildman–Crippen MR) is 68.8 cm³/mol. The van der Waals surface area contributed by atoms with E-state index in [0.29, 0.717) is 5.88 Å². The summed E-state index contributed by atoms with van der Waals surface area (Å²) < 4.78 is 10.3. The fourth-order valence-electron chi connectivity index (χ4n) is 2.14. The highest BCUT2D eigenvalue weighted by Gasteiger charge is 2.20. The number of aromatic nitrogens is 1. The van der Waals surface area contributed by atoms with Crippen molar-refractivity contribution in [3.05, 3.63) is 41.1 Å². The van der Waals surface area contributed by atoms with Gasteiger partial charge in [0.15, 0.2) is 0 Å². The van der Waals surface area contributed by atoms with E-state index in [2.05, 4.69) is 10.1 Å². The first-order valence-electron chi connectivity index (χ1n) is 6.02. The van der Waals surface area contributed by atoms with Crippen LogP contribution in [0, 0.1) is 0 Å². The quantitative estimate of drug-likeness (QED) is 0.777. The van der Waals surface area contributed by atoms with Crippen molar-refractivity contribution in [1.82, 2.24) is 5.16 Å². The van der Waals surface area contributed by atoms with Crippen molar-refractivity contribution in [2.45, 2.75) is 19.3 Å². The molecule has 0 radical (unpaired) electrons. The molecular weight excluding hydrogens is 228 g/mol. The third-order valence-electron chi connectivity index (χ3n) is 3.14. The van der Waals surface area contributed by atoms with Crippen LogP contribution in [0.1, 0.15) is 23.2 Å². The van der Waals surface area contributed by atoms with Crippen LogP contribution in [0.25, 0.3) is 0 Å². The maximum absolute atomic E-state index is 5.23. The molecule has 0 bridgehead atoms. The second kappa shape index (κ2) is 4.64. The lowest BCUT2D eigenvalue weighted by molar-refractivity contribution is 0.415. The average molecular weight is 242 g/mol. The third-order valence-corrected chi connectivity index (χ3v) is 3.14. The zero-order valence-electron chi connectivity index (χ0n) is 10.2. The zero-order valence-corrected chi connectivity index (χ0v) is 10.2. The highest BCUT2D eigenvalue weighted by molar-refractivity contribution is 5.81. The summed E-state index contributed by atoms with van der Waals surface area (Å²) in [6.07, 6.45) is 4.97. The fraction of sp³-hybridized carbons (Fsp3) is 0.286. The molecule has 18 heavy (non-hydrogen) atoms. The number of benzene rings is 1. The summed E-state index contributed by atoms with van der Waals surface area (Å²) in [7, 11) is 1.65. The third kappa shape index (κ3) is 2.01. The Morgan fingerprint density at radius 3 is 2.89 bits per heavy atom. The molecule has 2 aromatic rings. The molecule has 0 aliphatic heterocycles. The number of hydrogen-bond donors (Lipinski definition) is 0. The predicted octanol–water partition coefficient (Wildman–Crippen LogP) is 2.92. The van der Waals surface area contributed by atoms with Gasteiger partial charge in [0.25, 0.3) is 5.88 Å². The van der Waals surface area contributed by atoms with E-state index in [1.165, 1.54) is 5.56 Å². The van der Waals surface area contributed by atoms with Gasteiger partial charge in [0, 0.05) is 11.8 Å². The van der Waals surface area contributed by atoms with E-state index >= 15 is 0 Å². The van der Waals surface area contributed by atoms with Gasteiger partial charge in [0.2, 0.25) is 0 Å². The molecular formula is C14H14N2O2. The molecule has 1 aliphatic carbocycles. The van der Waals surface area contributed by atoms with E-state index < -0.39 is 0 Å². The standard InChI is InChI=1S/C14H14N2O2/c1-17-11-7-5-10(6-8-11)9-15-14-12-3-2-4-13(12)16-18-14/h5-9H,2-4H2,1H3. The number of methoxy groups -OCH3 is 1. The minimum Gasteiger partial charge on any atom is -0.497 e.